The lowest BCUT2D eigenvalue weighted by atomic mass is 10.0. The molecule has 1 aliphatic heterocycles. The Morgan fingerprint density at radius 1 is 1.37 bits per heavy atom. The molecule has 0 aromatic heterocycles. The van der Waals surface area contributed by atoms with Crippen LogP contribution in [0.25, 0.3) is 0 Å². The van der Waals surface area contributed by atoms with Gasteiger partial charge in [-0.3, -0.25) is 4.90 Å². The van der Waals surface area contributed by atoms with Crippen molar-refractivity contribution in [2.45, 2.75) is 25.4 Å². The molecule has 0 saturated carbocycles. The Morgan fingerprint density at radius 2 is 2.11 bits per heavy atom. The van der Waals surface area contributed by atoms with Gasteiger partial charge in [0.2, 0.25) is 0 Å². The first-order valence-electron chi connectivity index (χ1n) is 6.64. The number of ether oxygens (including phenoxy) is 1. The van der Waals surface area contributed by atoms with Gasteiger partial charge in [-0.15, -0.1) is 0 Å². The molecule has 0 amide bonds. The summed E-state index contributed by atoms with van der Waals surface area (Å²) in [5.74, 6) is 0.877. The predicted molar refractivity (Wildman–Crippen MR) is 76.5 cm³/mol. The number of hydrogen-bond donors (Lipinski definition) is 0. The third-order valence-electron chi connectivity index (χ3n) is 3.87. The number of para-hydroxylation sites is 2. The summed E-state index contributed by atoms with van der Waals surface area (Å²) in [6, 6.07) is 11.0. The van der Waals surface area contributed by atoms with Crippen LogP contribution in [0.5, 0.6) is 5.75 Å². The molecule has 1 saturated heterocycles. The van der Waals surface area contributed by atoms with E-state index in [1.807, 2.05) is 18.2 Å². The summed E-state index contributed by atoms with van der Waals surface area (Å²) in [6.07, 6.45) is 0.537. The second-order valence-corrected chi connectivity index (χ2v) is 5.13. The van der Waals surface area contributed by atoms with Crippen molar-refractivity contribution in [2.75, 3.05) is 32.1 Å². The zero-order chi connectivity index (χ0) is 13.8. The lowest BCUT2D eigenvalue weighted by molar-refractivity contribution is 0.200. The minimum Gasteiger partial charge on any atom is -0.495 e. The van der Waals surface area contributed by atoms with Gasteiger partial charge in [-0.05, 0) is 26.1 Å². The topological polar surface area (TPSA) is 39.5 Å². The van der Waals surface area contributed by atoms with Crippen LogP contribution in [0, 0.1) is 11.3 Å². The van der Waals surface area contributed by atoms with Gasteiger partial charge in [-0.25, -0.2) is 0 Å². The van der Waals surface area contributed by atoms with E-state index < -0.39 is 0 Å². The number of likely N-dealkylation sites (N-methyl/N-ethyl adjacent to an activating group) is 1. The zero-order valence-electron chi connectivity index (χ0n) is 11.8. The lowest BCUT2D eigenvalue weighted by Crippen LogP contribution is -2.56. The minimum absolute atomic E-state index is 0.225. The highest BCUT2D eigenvalue weighted by atomic mass is 16.5. The number of nitrogens with zero attached hydrogens (tertiary/aromatic N) is 3. The van der Waals surface area contributed by atoms with E-state index in [0.717, 1.165) is 24.5 Å². The molecular formula is C15H21N3O. The molecule has 2 rings (SSSR count). The summed E-state index contributed by atoms with van der Waals surface area (Å²) in [5.41, 5.74) is 1.09. The molecule has 4 nitrogen and oxygen atoms in total. The van der Waals surface area contributed by atoms with Gasteiger partial charge in [-0.1, -0.05) is 12.1 Å². The van der Waals surface area contributed by atoms with Gasteiger partial charge in [0.05, 0.1) is 31.3 Å². The van der Waals surface area contributed by atoms with Crippen molar-refractivity contribution >= 4 is 5.69 Å². The molecule has 0 spiro atoms. The normalized spacial score (nSPS) is 24.0. The summed E-state index contributed by atoms with van der Waals surface area (Å²) in [5, 5.41) is 9.04. The van der Waals surface area contributed by atoms with Gasteiger partial charge in [-0.2, -0.15) is 5.26 Å². The van der Waals surface area contributed by atoms with Gasteiger partial charge in [0.15, 0.2) is 0 Å². The van der Waals surface area contributed by atoms with Crippen LogP contribution in [0.15, 0.2) is 24.3 Å². The van der Waals surface area contributed by atoms with E-state index in [4.69, 9.17) is 10.00 Å². The Hall–Kier alpha value is -1.73. The number of methoxy groups -OCH3 is 1. The maximum absolute atomic E-state index is 9.04. The molecular weight excluding hydrogens is 238 g/mol. The smallest absolute Gasteiger partial charge is 0.142 e. The summed E-state index contributed by atoms with van der Waals surface area (Å²) < 4.78 is 5.45. The molecule has 0 N–H and O–H groups in total. The van der Waals surface area contributed by atoms with Crippen LogP contribution in [0.2, 0.25) is 0 Å². The van der Waals surface area contributed by atoms with Crippen LogP contribution >= 0.6 is 0 Å². The monoisotopic (exact) mass is 259 g/mol. The number of rotatable bonds is 3. The first-order valence-corrected chi connectivity index (χ1v) is 6.64. The van der Waals surface area contributed by atoms with Crippen molar-refractivity contribution in [1.29, 1.82) is 5.26 Å². The van der Waals surface area contributed by atoms with Crippen LogP contribution in [0.1, 0.15) is 13.3 Å². The second kappa shape index (κ2) is 5.94. The third kappa shape index (κ3) is 2.82. The first-order chi connectivity index (χ1) is 9.17. The first kappa shape index (κ1) is 13.7. The minimum atomic E-state index is 0.225. The van der Waals surface area contributed by atoms with Crippen LogP contribution < -0.4 is 9.64 Å². The summed E-state index contributed by atoms with van der Waals surface area (Å²) in [6.45, 7) is 4.04. The molecule has 1 aromatic carbocycles. The predicted octanol–water partition coefficient (Wildman–Crippen LogP) is 2.12. The van der Waals surface area contributed by atoms with Crippen LogP contribution in [-0.2, 0) is 0 Å². The number of piperazine rings is 1. The molecule has 1 aliphatic rings. The zero-order valence-corrected chi connectivity index (χ0v) is 11.8. The van der Waals surface area contributed by atoms with Crippen molar-refractivity contribution in [3.8, 4) is 11.8 Å². The Morgan fingerprint density at radius 3 is 2.79 bits per heavy atom. The van der Waals surface area contributed by atoms with Gasteiger partial charge >= 0.3 is 0 Å². The number of benzene rings is 1. The quantitative estimate of drug-likeness (QED) is 0.833. The molecule has 1 fully saturated rings. The average Bonchev–Trinajstić information content (AvgIpc) is 2.43. The fourth-order valence-electron chi connectivity index (χ4n) is 2.63. The molecule has 102 valence electrons. The van der Waals surface area contributed by atoms with Gasteiger partial charge in [0, 0.05) is 19.1 Å². The highest BCUT2D eigenvalue weighted by Gasteiger charge is 2.30. The summed E-state index contributed by atoms with van der Waals surface area (Å²) in [7, 11) is 3.81. The molecule has 4 heteroatoms. The molecule has 2 unspecified atom stereocenters. The van der Waals surface area contributed by atoms with Gasteiger partial charge in [0.25, 0.3) is 0 Å². The largest absolute Gasteiger partial charge is 0.495 e. The number of hydrogen-bond acceptors (Lipinski definition) is 4. The maximum Gasteiger partial charge on any atom is 0.142 e. The van der Waals surface area contributed by atoms with Crippen LogP contribution in [0.3, 0.4) is 0 Å². The Kier molecular flexibility index (Phi) is 4.28. The highest BCUT2D eigenvalue weighted by Crippen LogP contribution is 2.32. The van der Waals surface area contributed by atoms with E-state index in [-0.39, 0.29) is 6.04 Å². The molecule has 1 heterocycles. The van der Waals surface area contributed by atoms with Gasteiger partial charge in [0.1, 0.15) is 5.75 Å². The Labute approximate surface area is 115 Å². The van der Waals surface area contributed by atoms with Crippen LogP contribution in [0.4, 0.5) is 5.69 Å². The molecule has 0 radical (unpaired) electrons. The standard InChI is InChI=1S/C15H21N3O/c1-12-10-18(13(8-9-16)11-17(12)2)14-6-4-5-7-15(14)19-3/h4-7,12-13H,8,10-11H2,1-3H3. The highest BCUT2D eigenvalue weighted by molar-refractivity contribution is 5.59. The van der Waals surface area contributed by atoms with Crippen molar-refractivity contribution in [1.82, 2.24) is 4.90 Å². The molecule has 1 aromatic rings. The SMILES string of the molecule is COc1ccccc1N1CC(C)N(C)CC1CC#N. The van der Waals surface area contributed by atoms with Crippen molar-refractivity contribution < 1.29 is 4.74 Å². The van der Waals surface area contributed by atoms with E-state index in [2.05, 4.69) is 35.9 Å². The second-order valence-electron chi connectivity index (χ2n) is 5.13. The fraction of sp³-hybridized carbons (Fsp3) is 0.533. The summed E-state index contributed by atoms with van der Waals surface area (Å²) in [4.78, 5) is 4.63. The lowest BCUT2D eigenvalue weighted by Gasteiger charge is -2.44. The third-order valence-corrected chi connectivity index (χ3v) is 3.87. The van der Waals surface area contributed by atoms with E-state index in [1.54, 1.807) is 7.11 Å². The number of nitriles is 1. The van der Waals surface area contributed by atoms with E-state index in [1.165, 1.54) is 0 Å². The van der Waals surface area contributed by atoms with E-state index in [9.17, 15) is 0 Å². The molecule has 2 atom stereocenters. The molecule has 0 bridgehead atoms. The fourth-order valence-corrected chi connectivity index (χ4v) is 2.63. The van der Waals surface area contributed by atoms with Gasteiger partial charge < -0.3 is 9.64 Å². The average molecular weight is 259 g/mol. The number of anilines is 1. The van der Waals surface area contributed by atoms with Crippen LogP contribution in [-0.4, -0.2) is 44.2 Å². The molecule has 19 heavy (non-hydrogen) atoms. The molecule has 0 aliphatic carbocycles. The summed E-state index contributed by atoms with van der Waals surface area (Å²) >= 11 is 0. The van der Waals surface area contributed by atoms with E-state index >= 15 is 0 Å². The van der Waals surface area contributed by atoms with Crippen molar-refractivity contribution in [2.24, 2.45) is 0 Å². The van der Waals surface area contributed by atoms with E-state index in [0.29, 0.717) is 12.5 Å². The Bertz CT molecular complexity index is 469. The van der Waals surface area contributed by atoms with Crippen molar-refractivity contribution in [3.05, 3.63) is 24.3 Å². The van der Waals surface area contributed by atoms with Crippen molar-refractivity contribution in [3.63, 3.8) is 0 Å². The Balaban J connectivity index is 2.31. The maximum atomic E-state index is 9.04.